The molecule has 0 N–H and O–H groups in total. The summed E-state index contributed by atoms with van der Waals surface area (Å²) < 4.78 is 27.1. The van der Waals surface area contributed by atoms with Crippen molar-refractivity contribution in [3.05, 3.63) is 29.3 Å². The number of sulfonamides is 1. The second-order valence-corrected chi connectivity index (χ2v) is 9.55. The molecule has 0 aliphatic carbocycles. The smallest absolute Gasteiger partial charge is 0.282 e. The Balaban J connectivity index is 1.61. The van der Waals surface area contributed by atoms with E-state index in [2.05, 4.69) is 0 Å². The van der Waals surface area contributed by atoms with E-state index < -0.39 is 10.0 Å². The van der Waals surface area contributed by atoms with Crippen molar-refractivity contribution in [2.24, 2.45) is 0 Å². The Bertz CT molecular complexity index is 817. The van der Waals surface area contributed by atoms with Crippen LogP contribution in [0.3, 0.4) is 0 Å². The zero-order valence-corrected chi connectivity index (χ0v) is 16.6. The van der Waals surface area contributed by atoms with Crippen LogP contribution in [0.5, 0.6) is 0 Å². The highest BCUT2D eigenvalue weighted by Gasteiger charge is 2.32. The molecule has 0 atom stereocenters. The topological polar surface area (TPSA) is 78.0 Å². The molecule has 2 amide bonds. The molecule has 0 bridgehead atoms. The number of carbonyl (C=O) groups excluding carboxylic acids is 2. The third-order valence-corrected chi connectivity index (χ3v) is 7.67. The molecule has 2 saturated heterocycles. The number of thioether (sulfide) groups is 1. The van der Waals surface area contributed by atoms with E-state index in [4.69, 9.17) is 0 Å². The Labute approximate surface area is 158 Å². The van der Waals surface area contributed by atoms with Gasteiger partial charge in [0.2, 0.25) is 15.9 Å². The Morgan fingerprint density at radius 2 is 1.77 bits per heavy atom. The fourth-order valence-electron chi connectivity index (χ4n) is 3.03. The van der Waals surface area contributed by atoms with Crippen LogP contribution in [-0.2, 0) is 14.8 Å². The first-order valence-electron chi connectivity index (χ1n) is 8.56. The summed E-state index contributed by atoms with van der Waals surface area (Å²) in [6.45, 7) is 5.73. The van der Waals surface area contributed by atoms with Crippen molar-refractivity contribution in [1.82, 2.24) is 14.1 Å². The van der Waals surface area contributed by atoms with Gasteiger partial charge in [0.15, 0.2) is 0 Å². The molecule has 9 heteroatoms. The monoisotopic (exact) mass is 397 g/mol. The molecule has 0 saturated carbocycles. The minimum Gasteiger partial charge on any atom is -0.339 e. The van der Waals surface area contributed by atoms with Crippen molar-refractivity contribution < 1.29 is 18.0 Å². The molecule has 1 aromatic carbocycles. The summed E-state index contributed by atoms with van der Waals surface area (Å²) in [5, 5.41) is -0.0608. The Kier molecular flexibility index (Phi) is 5.59. The standard InChI is InChI=1S/C17H23N3O4S2/c1-13-3-4-15(11-14(13)2)26(23,24)20-7-5-18(6-8-20)16(21)12-19-9-10-25-17(19)22/h3-4,11H,5-10,12H2,1-2H3. The van der Waals surface area contributed by atoms with E-state index in [1.54, 1.807) is 21.9 Å². The zero-order chi connectivity index (χ0) is 18.9. The second-order valence-electron chi connectivity index (χ2n) is 6.57. The van der Waals surface area contributed by atoms with Crippen LogP contribution >= 0.6 is 11.8 Å². The van der Waals surface area contributed by atoms with Crippen molar-refractivity contribution in [2.75, 3.05) is 45.0 Å². The van der Waals surface area contributed by atoms with Gasteiger partial charge in [-0.2, -0.15) is 4.31 Å². The predicted octanol–water partition coefficient (Wildman–Crippen LogP) is 1.31. The van der Waals surface area contributed by atoms with E-state index >= 15 is 0 Å². The number of benzene rings is 1. The Hall–Kier alpha value is -1.58. The third kappa shape index (κ3) is 3.89. The lowest BCUT2D eigenvalue weighted by atomic mass is 10.1. The largest absolute Gasteiger partial charge is 0.339 e. The van der Waals surface area contributed by atoms with Crippen LogP contribution in [0, 0.1) is 13.8 Å². The summed E-state index contributed by atoms with van der Waals surface area (Å²) in [5.74, 6) is 0.595. The van der Waals surface area contributed by atoms with Gasteiger partial charge < -0.3 is 9.80 Å². The quantitative estimate of drug-likeness (QED) is 0.765. The molecule has 26 heavy (non-hydrogen) atoms. The van der Waals surface area contributed by atoms with Crippen LogP contribution in [0.4, 0.5) is 4.79 Å². The lowest BCUT2D eigenvalue weighted by Crippen LogP contribution is -2.52. The van der Waals surface area contributed by atoms with Gasteiger partial charge in [-0.3, -0.25) is 9.59 Å². The third-order valence-electron chi connectivity index (χ3n) is 4.88. The molecule has 0 aromatic heterocycles. The van der Waals surface area contributed by atoms with Crippen LogP contribution in [0.15, 0.2) is 23.1 Å². The van der Waals surface area contributed by atoms with Gasteiger partial charge >= 0.3 is 0 Å². The lowest BCUT2D eigenvalue weighted by molar-refractivity contribution is -0.132. The highest BCUT2D eigenvalue weighted by Crippen LogP contribution is 2.21. The van der Waals surface area contributed by atoms with Gasteiger partial charge in [-0.25, -0.2) is 8.42 Å². The first-order chi connectivity index (χ1) is 12.3. The van der Waals surface area contributed by atoms with Crippen LogP contribution in [-0.4, -0.2) is 78.7 Å². The summed E-state index contributed by atoms with van der Waals surface area (Å²) in [6.07, 6.45) is 0. The van der Waals surface area contributed by atoms with Crippen LogP contribution in [0.25, 0.3) is 0 Å². The van der Waals surface area contributed by atoms with E-state index in [0.717, 1.165) is 11.1 Å². The minimum absolute atomic E-state index is 0.0608. The van der Waals surface area contributed by atoms with E-state index in [0.29, 0.717) is 30.3 Å². The lowest BCUT2D eigenvalue weighted by Gasteiger charge is -2.34. The maximum atomic E-state index is 12.8. The number of nitrogens with zero attached hydrogens (tertiary/aromatic N) is 3. The van der Waals surface area contributed by atoms with Crippen LogP contribution in [0.1, 0.15) is 11.1 Å². The molecule has 3 rings (SSSR count). The van der Waals surface area contributed by atoms with Gasteiger partial charge in [0.25, 0.3) is 5.24 Å². The van der Waals surface area contributed by atoms with Crippen molar-refractivity contribution >= 4 is 32.9 Å². The summed E-state index contributed by atoms with van der Waals surface area (Å²) in [7, 11) is -3.55. The average molecular weight is 398 g/mol. The maximum absolute atomic E-state index is 12.8. The number of rotatable bonds is 4. The highest BCUT2D eigenvalue weighted by molar-refractivity contribution is 8.13. The molecule has 0 spiro atoms. The molecule has 1 aromatic rings. The zero-order valence-electron chi connectivity index (χ0n) is 15.0. The minimum atomic E-state index is -3.55. The van der Waals surface area contributed by atoms with Crippen molar-refractivity contribution in [2.45, 2.75) is 18.7 Å². The molecule has 2 aliphatic rings. The fraction of sp³-hybridized carbons (Fsp3) is 0.529. The maximum Gasteiger partial charge on any atom is 0.282 e. The average Bonchev–Trinajstić information content (AvgIpc) is 3.02. The molecule has 0 radical (unpaired) electrons. The van der Waals surface area contributed by atoms with Gasteiger partial charge in [0.1, 0.15) is 6.54 Å². The Morgan fingerprint density at radius 3 is 2.35 bits per heavy atom. The second kappa shape index (κ2) is 7.58. The highest BCUT2D eigenvalue weighted by atomic mass is 32.2. The van der Waals surface area contributed by atoms with Gasteiger partial charge in [0.05, 0.1) is 4.90 Å². The summed E-state index contributed by atoms with van der Waals surface area (Å²) in [6, 6.07) is 5.14. The van der Waals surface area contributed by atoms with E-state index in [1.807, 2.05) is 19.9 Å². The molecular weight excluding hydrogens is 374 g/mol. The number of hydrogen-bond donors (Lipinski definition) is 0. The van der Waals surface area contributed by atoms with Crippen molar-refractivity contribution in [3.8, 4) is 0 Å². The SMILES string of the molecule is Cc1ccc(S(=O)(=O)N2CCN(C(=O)CN3CCSC3=O)CC2)cc1C. The predicted molar refractivity (Wildman–Crippen MR) is 101 cm³/mol. The van der Waals surface area contributed by atoms with Crippen LogP contribution in [0.2, 0.25) is 0 Å². The summed E-state index contributed by atoms with van der Waals surface area (Å²) in [4.78, 5) is 27.5. The van der Waals surface area contributed by atoms with Crippen molar-refractivity contribution in [3.63, 3.8) is 0 Å². The number of carbonyl (C=O) groups is 2. The first kappa shape index (κ1) is 19.2. The number of piperazine rings is 1. The summed E-state index contributed by atoms with van der Waals surface area (Å²) in [5.41, 5.74) is 1.99. The molecule has 0 unspecified atom stereocenters. The van der Waals surface area contributed by atoms with Crippen LogP contribution < -0.4 is 0 Å². The van der Waals surface area contributed by atoms with E-state index in [9.17, 15) is 18.0 Å². The molecular formula is C17H23N3O4S2. The molecule has 2 aliphatic heterocycles. The van der Waals surface area contributed by atoms with Gasteiger partial charge in [0, 0.05) is 38.5 Å². The molecule has 142 valence electrons. The van der Waals surface area contributed by atoms with Gasteiger partial charge in [-0.1, -0.05) is 17.8 Å². The molecule has 2 heterocycles. The van der Waals surface area contributed by atoms with E-state index in [-0.39, 0.29) is 30.8 Å². The molecule has 7 nitrogen and oxygen atoms in total. The summed E-state index contributed by atoms with van der Waals surface area (Å²) >= 11 is 1.23. The molecule has 2 fully saturated rings. The number of hydrogen-bond acceptors (Lipinski definition) is 5. The normalized spacial score (nSPS) is 19.2. The first-order valence-corrected chi connectivity index (χ1v) is 11.0. The number of amides is 2. The number of aryl methyl sites for hydroxylation is 2. The van der Waals surface area contributed by atoms with Crippen molar-refractivity contribution in [1.29, 1.82) is 0 Å². The van der Waals surface area contributed by atoms with Gasteiger partial charge in [-0.05, 0) is 37.1 Å². The van der Waals surface area contributed by atoms with E-state index in [1.165, 1.54) is 16.1 Å². The Morgan fingerprint density at radius 1 is 1.08 bits per heavy atom. The van der Waals surface area contributed by atoms with Gasteiger partial charge in [-0.15, -0.1) is 0 Å². The fourth-order valence-corrected chi connectivity index (χ4v) is 5.37.